The minimum Gasteiger partial charge on any atom is -0.540 e. The van der Waals surface area contributed by atoms with E-state index in [1.807, 2.05) is 50.0 Å². The molecular formula is C36H67N4O5V-. The summed E-state index contributed by atoms with van der Waals surface area (Å²) in [6, 6.07) is 1.35. The molecule has 1 amide bonds. The number of likely N-dealkylation sites (tertiary alicyclic amines) is 1. The fourth-order valence-corrected chi connectivity index (χ4v) is 5.79. The molecule has 1 aliphatic carbocycles. The van der Waals surface area contributed by atoms with Gasteiger partial charge in [-0.1, -0.05) is 106 Å². The Morgan fingerprint density at radius 1 is 1.11 bits per heavy atom. The molecule has 0 bridgehead atoms. The number of fused-ring (bicyclic) bond motifs is 1. The van der Waals surface area contributed by atoms with Gasteiger partial charge in [0.25, 0.3) is 0 Å². The molecule has 1 aliphatic heterocycles. The number of amides is 1. The average molecular weight is 687 g/mol. The number of pyridine rings is 1. The number of aryl methyl sites for hydroxylation is 1. The molecule has 3 unspecified atom stereocenters. The molecule has 46 heavy (non-hydrogen) atoms. The number of aromatic nitrogens is 2. The van der Waals surface area contributed by atoms with Crippen molar-refractivity contribution >= 4 is 17.8 Å². The van der Waals surface area contributed by atoms with E-state index in [1.165, 1.54) is 44.9 Å². The van der Waals surface area contributed by atoms with Crippen LogP contribution >= 0.6 is 0 Å². The molecule has 2 aromatic heterocycles. The summed E-state index contributed by atoms with van der Waals surface area (Å²) >= 11 is 0. The maximum atomic E-state index is 12.0. The predicted molar refractivity (Wildman–Crippen MR) is 190 cm³/mol. The number of aromatic amines is 1. The Bertz CT molecular complexity index is 1080. The van der Waals surface area contributed by atoms with E-state index in [-0.39, 0.29) is 49.8 Å². The number of nitrogens with two attached hydrogens (primary N) is 1. The van der Waals surface area contributed by atoms with Crippen molar-refractivity contribution in [2.24, 2.45) is 29.4 Å². The normalized spacial score (nSPS) is 19.3. The molecule has 4 rings (SSSR count). The number of rotatable bonds is 10. The fraction of sp³-hybridized carbons (Fsp3) is 0.694. The average Bonchev–Trinajstić information content (AvgIpc) is 3.80. The standard InChI is InChI=1S/C19H28N2O.C9H15N2O2.C4H10.C2H6.C2H4.H2O2.V.H2/c1-15-7-6-10-16(15)8-4-2-3-5-9-17-14-21-12-11-20-19(21)13-18(17)22;1-2-7-3-4-11(8(7)6-12)9(13)5-10;1-4(2)3;3*1-2;;/h11-16,20H,2-10H2,1H3;7-8H,2-5,10H2,1H3;4H,1-3H3;1-2H3;1-2H2;1-2H;;1H/q;-1;;;;;;/t;7-,8?;;;;;;/m.1....../s1. The molecular weight excluding hydrogens is 619 g/mol. The van der Waals surface area contributed by atoms with Crippen molar-refractivity contribution in [1.82, 2.24) is 14.3 Å². The van der Waals surface area contributed by atoms with Gasteiger partial charge in [0.2, 0.25) is 5.91 Å². The Morgan fingerprint density at radius 3 is 2.24 bits per heavy atom. The third-order valence-corrected chi connectivity index (χ3v) is 8.10. The molecule has 0 aromatic carbocycles. The Morgan fingerprint density at radius 2 is 1.72 bits per heavy atom. The third kappa shape index (κ3) is 18.2. The Balaban J connectivity index is -0.000000318. The molecule has 2 aliphatic rings. The summed E-state index contributed by atoms with van der Waals surface area (Å²) in [6.45, 7) is 21.6. The van der Waals surface area contributed by atoms with Crippen molar-refractivity contribution in [2.75, 3.05) is 13.1 Å². The molecule has 2 aromatic rings. The number of nitrogens with one attached hydrogen (secondary N) is 1. The van der Waals surface area contributed by atoms with Gasteiger partial charge in [0, 0.05) is 56.7 Å². The van der Waals surface area contributed by atoms with Crippen LogP contribution < -0.4 is 11.2 Å². The van der Waals surface area contributed by atoms with Crippen LogP contribution in [0, 0.1) is 23.7 Å². The number of unbranched alkanes of at least 4 members (excludes halogenated alkanes) is 3. The summed E-state index contributed by atoms with van der Waals surface area (Å²) in [6.07, 6.45) is 21.3. The van der Waals surface area contributed by atoms with E-state index >= 15 is 0 Å². The molecule has 9 nitrogen and oxygen atoms in total. The van der Waals surface area contributed by atoms with Gasteiger partial charge >= 0.3 is 0 Å². The summed E-state index contributed by atoms with van der Waals surface area (Å²) in [5, 5.41) is 12.0. The van der Waals surface area contributed by atoms with Crippen molar-refractivity contribution in [3.63, 3.8) is 0 Å². The van der Waals surface area contributed by atoms with Crippen LogP contribution in [-0.2, 0) is 34.6 Å². The smallest absolute Gasteiger partial charge is 0.234 e. The zero-order valence-corrected chi connectivity index (χ0v) is 31.2. The topological polar surface area (TPSA) is 141 Å². The zero-order valence-electron chi connectivity index (χ0n) is 29.8. The van der Waals surface area contributed by atoms with E-state index in [4.69, 9.17) is 16.2 Å². The van der Waals surface area contributed by atoms with Gasteiger partial charge in [0.1, 0.15) is 5.65 Å². The first-order chi connectivity index (χ1) is 21.7. The predicted octanol–water partition coefficient (Wildman–Crippen LogP) is 7.99. The Hall–Kier alpha value is -2.17. The van der Waals surface area contributed by atoms with Crippen molar-refractivity contribution in [3.8, 4) is 0 Å². The first-order valence-corrected chi connectivity index (χ1v) is 17.0. The summed E-state index contributed by atoms with van der Waals surface area (Å²) in [5.41, 5.74) is 7.22. The number of imidazole rings is 1. The summed E-state index contributed by atoms with van der Waals surface area (Å²) in [5.74, 6) is 2.89. The van der Waals surface area contributed by atoms with Gasteiger partial charge in [-0.2, -0.15) is 0 Å². The molecule has 1 radical (unpaired) electrons. The van der Waals surface area contributed by atoms with Crippen LogP contribution in [0.15, 0.2) is 42.6 Å². The van der Waals surface area contributed by atoms with Crippen molar-refractivity contribution in [2.45, 2.75) is 125 Å². The van der Waals surface area contributed by atoms with E-state index < -0.39 is 0 Å². The largest absolute Gasteiger partial charge is 0.540 e. The van der Waals surface area contributed by atoms with Gasteiger partial charge in [0.05, 0.1) is 6.54 Å². The van der Waals surface area contributed by atoms with Gasteiger partial charge in [-0.25, -0.2) is 6.29 Å². The first kappa shape index (κ1) is 48.2. The fourth-order valence-electron chi connectivity index (χ4n) is 5.79. The van der Waals surface area contributed by atoms with Crippen molar-refractivity contribution < 1.29 is 40.1 Å². The van der Waals surface area contributed by atoms with Crippen LogP contribution in [0.2, 0.25) is 0 Å². The molecule has 10 heteroatoms. The molecule has 1 saturated heterocycles. The molecule has 1 saturated carbocycles. The molecule has 3 heterocycles. The number of nitrogens with zero attached hydrogens (tertiary/aromatic N) is 2. The number of H-pyrrole nitrogens is 1. The molecule has 0 spiro atoms. The molecule has 4 atom stereocenters. The van der Waals surface area contributed by atoms with Crippen molar-refractivity contribution in [1.29, 1.82) is 0 Å². The first-order valence-electron chi connectivity index (χ1n) is 17.0. The third-order valence-electron chi connectivity index (χ3n) is 8.10. The van der Waals surface area contributed by atoms with E-state index in [0.717, 1.165) is 54.6 Å². The van der Waals surface area contributed by atoms with Crippen LogP contribution in [0.25, 0.3) is 5.65 Å². The van der Waals surface area contributed by atoms with Gasteiger partial charge in [0.15, 0.2) is 5.43 Å². The van der Waals surface area contributed by atoms with E-state index in [2.05, 4.69) is 45.8 Å². The monoisotopic (exact) mass is 686 g/mol. The van der Waals surface area contributed by atoms with Crippen LogP contribution in [0.3, 0.4) is 0 Å². The van der Waals surface area contributed by atoms with Gasteiger partial charge < -0.3 is 24.8 Å². The van der Waals surface area contributed by atoms with Crippen LogP contribution in [0.4, 0.5) is 0 Å². The quantitative estimate of drug-likeness (QED) is 0.0657. The summed E-state index contributed by atoms with van der Waals surface area (Å²) in [4.78, 5) is 38.5. The minimum atomic E-state index is -0.360. The van der Waals surface area contributed by atoms with E-state index in [9.17, 15) is 14.4 Å². The van der Waals surface area contributed by atoms with Crippen LogP contribution in [-0.4, -0.2) is 56.1 Å². The van der Waals surface area contributed by atoms with Gasteiger partial charge in [-0.15, -0.1) is 13.2 Å². The molecule has 5 N–H and O–H groups in total. The summed E-state index contributed by atoms with van der Waals surface area (Å²) in [7, 11) is 0. The molecule has 2 fully saturated rings. The second kappa shape index (κ2) is 30.2. The Kier molecular flexibility index (Phi) is 31.7. The number of carbonyl (C=O) groups is 1. The van der Waals surface area contributed by atoms with Gasteiger partial charge in [-0.05, 0) is 42.9 Å². The number of hydrogen-bond acceptors (Lipinski definition) is 6. The van der Waals surface area contributed by atoms with Crippen LogP contribution in [0.1, 0.15) is 120 Å². The van der Waals surface area contributed by atoms with E-state index in [1.54, 1.807) is 11.0 Å². The number of hydrogen-bond donors (Lipinski definition) is 4. The van der Waals surface area contributed by atoms with E-state index in [0.29, 0.717) is 6.54 Å². The second-order valence-electron chi connectivity index (χ2n) is 12.1. The zero-order chi connectivity index (χ0) is 34.8. The van der Waals surface area contributed by atoms with Crippen LogP contribution in [0.5, 0.6) is 0 Å². The van der Waals surface area contributed by atoms with Gasteiger partial charge in [-0.3, -0.25) is 20.1 Å². The molecule has 267 valence electrons. The second-order valence-corrected chi connectivity index (χ2v) is 12.1. The maximum absolute atomic E-state index is 12.0. The SMILES string of the molecule is C=C.CC.CC(C)C.CC1CCCC1CCCCCCc1cn2cc[nH]c2cc1=O.CC[C@@H]1CCN(C(=O)CN)C1[C-]=O.OO.[HH].[V]. The minimum absolute atomic E-state index is 0. The maximum Gasteiger partial charge on any atom is 0.234 e. The Labute approximate surface area is 292 Å². The number of carbonyl (C=O) groups excluding carboxylic acids is 2. The van der Waals surface area contributed by atoms with Crippen molar-refractivity contribution in [3.05, 3.63) is 53.6 Å². The summed E-state index contributed by atoms with van der Waals surface area (Å²) < 4.78 is 2.00.